The van der Waals surface area contributed by atoms with Crippen molar-refractivity contribution in [2.45, 2.75) is 26.5 Å². The molecule has 3 atom stereocenters. The van der Waals surface area contributed by atoms with Gasteiger partial charge in [0.05, 0.1) is 18.9 Å². The van der Waals surface area contributed by atoms with Crippen molar-refractivity contribution >= 4 is 41.1 Å². The van der Waals surface area contributed by atoms with Crippen LogP contribution in [0.1, 0.15) is 20.3 Å². The number of carbonyl (C=O) groups excluding carboxylic acids is 3. The van der Waals surface area contributed by atoms with Crippen LogP contribution in [0.2, 0.25) is 0 Å². The SMILES string of the molecule is C#CCC(OC(=O)C1C(C=C(Cl)Cl)C1(C)C)N1C(=O)CNC1=O. The minimum atomic E-state index is -1.12. The highest BCUT2D eigenvalue weighted by atomic mass is 35.5. The van der Waals surface area contributed by atoms with Gasteiger partial charge in [0.25, 0.3) is 5.91 Å². The Labute approximate surface area is 144 Å². The quantitative estimate of drug-likeness (QED) is 0.463. The molecule has 0 bridgehead atoms. The first kappa shape index (κ1) is 17.6. The number of nitrogens with zero attached hydrogens (tertiary/aromatic N) is 1. The third kappa shape index (κ3) is 3.46. The Morgan fingerprint density at radius 2 is 2.22 bits per heavy atom. The average Bonchev–Trinajstić information content (AvgIpc) is 2.78. The number of esters is 1. The van der Waals surface area contributed by atoms with E-state index in [9.17, 15) is 14.4 Å². The Morgan fingerprint density at radius 1 is 1.57 bits per heavy atom. The summed E-state index contributed by atoms with van der Waals surface area (Å²) in [5.74, 6) is 0.645. The van der Waals surface area contributed by atoms with Crippen LogP contribution in [0.25, 0.3) is 0 Å². The predicted octanol–water partition coefficient (Wildman–Crippen LogP) is 2.02. The van der Waals surface area contributed by atoms with E-state index in [0.29, 0.717) is 0 Å². The van der Waals surface area contributed by atoms with Crippen molar-refractivity contribution < 1.29 is 19.1 Å². The molecule has 3 amide bonds. The molecule has 0 spiro atoms. The fourth-order valence-corrected chi connectivity index (χ4v) is 3.07. The van der Waals surface area contributed by atoms with Gasteiger partial charge in [-0.3, -0.25) is 9.59 Å². The van der Waals surface area contributed by atoms with Crippen LogP contribution in [-0.2, 0) is 14.3 Å². The molecular formula is C15H16Cl2N2O4. The summed E-state index contributed by atoms with van der Waals surface area (Å²) in [5, 5.41) is 2.36. The van der Waals surface area contributed by atoms with Gasteiger partial charge in [-0.05, 0) is 17.4 Å². The van der Waals surface area contributed by atoms with Crippen LogP contribution >= 0.6 is 23.2 Å². The first-order chi connectivity index (χ1) is 10.7. The van der Waals surface area contributed by atoms with Gasteiger partial charge in [-0.1, -0.05) is 37.0 Å². The molecule has 1 saturated carbocycles. The molecule has 8 heteroatoms. The Kier molecular flexibility index (Phi) is 4.92. The van der Waals surface area contributed by atoms with Crippen molar-refractivity contribution in [3.8, 4) is 12.3 Å². The van der Waals surface area contributed by atoms with E-state index >= 15 is 0 Å². The van der Waals surface area contributed by atoms with Gasteiger partial charge in [-0.15, -0.1) is 12.3 Å². The number of ether oxygens (including phenoxy) is 1. The lowest BCUT2D eigenvalue weighted by Crippen LogP contribution is -2.43. The van der Waals surface area contributed by atoms with Gasteiger partial charge in [-0.25, -0.2) is 9.69 Å². The van der Waals surface area contributed by atoms with E-state index in [0.717, 1.165) is 4.90 Å². The zero-order chi connectivity index (χ0) is 17.4. The minimum Gasteiger partial charge on any atom is -0.440 e. The van der Waals surface area contributed by atoms with Gasteiger partial charge in [0.1, 0.15) is 4.49 Å². The summed E-state index contributed by atoms with van der Waals surface area (Å²) >= 11 is 11.3. The summed E-state index contributed by atoms with van der Waals surface area (Å²) < 4.78 is 5.41. The van der Waals surface area contributed by atoms with Gasteiger partial charge in [0.15, 0.2) is 6.23 Å². The summed E-state index contributed by atoms with van der Waals surface area (Å²) in [4.78, 5) is 36.7. The van der Waals surface area contributed by atoms with Crippen molar-refractivity contribution in [3.63, 3.8) is 0 Å². The molecule has 0 aromatic carbocycles. The van der Waals surface area contributed by atoms with Gasteiger partial charge in [0.2, 0.25) is 0 Å². The molecule has 1 saturated heterocycles. The maximum atomic E-state index is 12.4. The molecule has 0 aromatic heterocycles. The zero-order valence-electron chi connectivity index (χ0n) is 12.6. The molecule has 2 aliphatic rings. The van der Waals surface area contributed by atoms with E-state index in [1.54, 1.807) is 6.08 Å². The van der Waals surface area contributed by atoms with Gasteiger partial charge < -0.3 is 10.1 Å². The van der Waals surface area contributed by atoms with E-state index in [1.807, 2.05) is 13.8 Å². The normalized spacial score (nSPS) is 26.1. The third-order valence-corrected chi connectivity index (χ3v) is 4.43. The zero-order valence-corrected chi connectivity index (χ0v) is 14.1. The van der Waals surface area contributed by atoms with E-state index in [-0.39, 0.29) is 28.8 Å². The van der Waals surface area contributed by atoms with E-state index in [1.165, 1.54) is 0 Å². The molecule has 2 rings (SSSR count). The summed E-state index contributed by atoms with van der Waals surface area (Å²) in [7, 11) is 0. The second kappa shape index (κ2) is 6.42. The number of amides is 3. The van der Waals surface area contributed by atoms with E-state index < -0.39 is 30.1 Å². The smallest absolute Gasteiger partial charge is 0.327 e. The summed E-state index contributed by atoms with van der Waals surface area (Å²) in [5.41, 5.74) is -0.371. The number of hydrogen-bond donors (Lipinski definition) is 1. The maximum absolute atomic E-state index is 12.4. The third-order valence-electron chi connectivity index (χ3n) is 4.18. The number of halogens is 2. The van der Waals surface area contributed by atoms with Crippen LogP contribution in [-0.4, -0.2) is 35.6 Å². The lowest BCUT2D eigenvalue weighted by molar-refractivity contribution is -0.161. The summed E-state index contributed by atoms with van der Waals surface area (Å²) in [6, 6.07) is -0.627. The number of urea groups is 1. The van der Waals surface area contributed by atoms with Crippen molar-refractivity contribution in [3.05, 3.63) is 10.6 Å². The lowest BCUT2D eigenvalue weighted by atomic mass is 10.1. The van der Waals surface area contributed by atoms with Crippen LogP contribution < -0.4 is 5.32 Å². The van der Waals surface area contributed by atoms with Crippen LogP contribution in [0.5, 0.6) is 0 Å². The van der Waals surface area contributed by atoms with Crippen molar-refractivity contribution in [1.82, 2.24) is 10.2 Å². The second-order valence-electron chi connectivity index (χ2n) is 6.00. The molecule has 1 aliphatic carbocycles. The van der Waals surface area contributed by atoms with E-state index in [2.05, 4.69) is 11.2 Å². The second-order valence-corrected chi connectivity index (χ2v) is 7.01. The number of carbonyl (C=O) groups is 3. The highest BCUT2D eigenvalue weighted by Crippen LogP contribution is 2.60. The molecule has 3 unspecified atom stereocenters. The van der Waals surface area contributed by atoms with Crippen molar-refractivity contribution in [2.75, 3.05) is 6.54 Å². The fraction of sp³-hybridized carbons (Fsp3) is 0.533. The van der Waals surface area contributed by atoms with Gasteiger partial charge in [0, 0.05) is 0 Å². The van der Waals surface area contributed by atoms with E-state index in [4.69, 9.17) is 34.4 Å². The molecule has 2 fully saturated rings. The molecular weight excluding hydrogens is 343 g/mol. The summed E-state index contributed by atoms with van der Waals surface area (Å²) in [6.45, 7) is 3.61. The van der Waals surface area contributed by atoms with Gasteiger partial charge >= 0.3 is 12.0 Å². The van der Waals surface area contributed by atoms with Crippen molar-refractivity contribution in [1.29, 1.82) is 0 Å². The standard InChI is InChI=1S/C15H16Cl2N2O4/c1-4-5-11(19-10(20)7-18-14(19)22)23-13(21)12-8(6-9(16)17)15(12,2)3/h1,6,8,11-12H,5,7H2,2-3H3,(H,18,22). The largest absolute Gasteiger partial charge is 0.440 e. The molecule has 0 aromatic rings. The Balaban J connectivity index is 2.11. The summed E-state index contributed by atoms with van der Waals surface area (Å²) in [6.07, 6.45) is 5.64. The van der Waals surface area contributed by atoms with Crippen LogP contribution in [0.3, 0.4) is 0 Å². The highest BCUT2D eigenvalue weighted by molar-refractivity contribution is 6.55. The fourth-order valence-electron chi connectivity index (χ4n) is 2.79. The van der Waals surface area contributed by atoms with Crippen molar-refractivity contribution in [2.24, 2.45) is 17.3 Å². The Bertz CT molecular complexity index is 603. The highest BCUT2D eigenvalue weighted by Gasteiger charge is 2.62. The molecule has 23 heavy (non-hydrogen) atoms. The van der Waals surface area contributed by atoms with Gasteiger partial charge in [-0.2, -0.15) is 0 Å². The monoisotopic (exact) mass is 358 g/mol. The maximum Gasteiger partial charge on any atom is 0.327 e. The van der Waals surface area contributed by atoms with Crippen LogP contribution in [0.15, 0.2) is 10.6 Å². The van der Waals surface area contributed by atoms with Crippen LogP contribution in [0, 0.1) is 29.6 Å². The minimum absolute atomic E-state index is 0.0746. The first-order valence-corrected chi connectivity index (χ1v) is 7.72. The number of terminal acetylenes is 1. The number of hydrogen-bond acceptors (Lipinski definition) is 4. The lowest BCUT2D eigenvalue weighted by Gasteiger charge is -2.23. The molecule has 124 valence electrons. The van der Waals surface area contributed by atoms with Crippen LogP contribution in [0.4, 0.5) is 4.79 Å². The number of imide groups is 1. The first-order valence-electron chi connectivity index (χ1n) is 6.96. The number of allylic oxidation sites excluding steroid dienone is 1. The number of nitrogens with one attached hydrogen (secondary N) is 1. The number of rotatable bonds is 5. The average molecular weight is 359 g/mol. The topological polar surface area (TPSA) is 75.7 Å². The Hall–Kier alpha value is -1.71. The molecule has 1 aliphatic heterocycles. The Morgan fingerprint density at radius 3 is 2.70 bits per heavy atom. The molecule has 6 nitrogen and oxygen atoms in total. The molecule has 1 heterocycles. The predicted molar refractivity (Wildman–Crippen MR) is 84.1 cm³/mol. The molecule has 1 N–H and O–H groups in total. The molecule has 0 radical (unpaired) electrons.